The van der Waals surface area contributed by atoms with E-state index < -0.39 is 5.54 Å². The van der Waals surface area contributed by atoms with Crippen molar-refractivity contribution < 1.29 is 19.8 Å². The number of rotatable bonds is 1. The predicted octanol–water partition coefficient (Wildman–Crippen LogP) is 0.448. The fourth-order valence-corrected chi connectivity index (χ4v) is 2.07. The Kier molecular flexibility index (Phi) is 3.09. The molecule has 0 bridgehead atoms. The van der Waals surface area contributed by atoms with Crippen LogP contribution < -0.4 is 5.32 Å². The highest BCUT2D eigenvalue weighted by molar-refractivity contribution is 6.00. The molecule has 3 N–H and O–H groups in total. The molecule has 1 fully saturated rings. The summed E-state index contributed by atoms with van der Waals surface area (Å²) in [4.78, 5) is 25.6. The fourth-order valence-electron chi connectivity index (χ4n) is 2.07. The van der Waals surface area contributed by atoms with Gasteiger partial charge in [-0.05, 0) is 32.0 Å². The largest absolute Gasteiger partial charge is 0.504 e. The second kappa shape index (κ2) is 4.46. The van der Waals surface area contributed by atoms with E-state index in [0.29, 0.717) is 13.1 Å². The summed E-state index contributed by atoms with van der Waals surface area (Å²) in [6.07, 6.45) is 0. The third-order valence-electron chi connectivity index (χ3n) is 3.32. The van der Waals surface area contributed by atoms with Crippen LogP contribution >= 0.6 is 0 Å². The first-order valence-corrected chi connectivity index (χ1v) is 5.96. The van der Waals surface area contributed by atoms with Crippen LogP contribution in [0, 0.1) is 0 Å². The number of piperazine rings is 1. The highest BCUT2D eigenvalue weighted by Gasteiger charge is 2.40. The van der Waals surface area contributed by atoms with Crippen molar-refractivity contribution in [2.24, 2.45) is 0 Å². The molecule has 6 heteroatoms. The molecule has 2 amide bonds. The molecule has 0 atom stereocenters. The summed E-state index contributed by atoms with van der Waals surface area (Å²) in [6, 6.07) is 3.86. The zero-order valence-corrected chi connectivity index (χ0v) is 10.8. The number of phenols is 2. The Morgan fingerprint density at radius 3 is 2.63 bits per heavy atom. The van der Waals surface area contributed by atoms with Gasteiger partial charge in [0.25, 0.3) is 5.91 Å². The van der Waals surface area contributed by atoms with Gasteiger partial charge in [-0.2, -0.15) is 0 Å². The molecule has 1 aromatic rings. The number of amides is 2. The SMILES string of the molecule is CC1(C)C(=O)NCCN1C(=O)c1ccc(O)c(O)c1. The lowest BCUT2D eigenvalue weighted by atomic mass is 9.97. The van der Waals surface area contributed by atoms with Crippen LogP contribution in [0.25, 0.3) is 0 Å². The highest BCUT2D eigenvalue weighted by Crippen LogP contribution is 2.27. The van der Waals surface area contributed by atoms with Gasteiger partial charge in [-0.3, -0.25) is 9.59 Å². The lowest BCUT2D eigenvalue weighted by molar-refractivity contribution is -0.133. The number of phenolic OH excluding ortho intramolecular Hbond substituents is 2. The number of benzene rings is 1. The van der Waals surface area contributed by atoms with E-state index in [9.17, 15) is 19.8 Å². The molecule has 1 aliphatic heterocycles. The second-order valence-corrected chi connectivity index (χ2v) is 4.98. The smallest absolute Gasteiger partial charge is 0.254 e. The number of hydrogen-bond donors (Lipinski definition) is 3. The molecule has 1 heterocycles. The summed E-state index contributed by atoms with van der Waals surface area (Å²) < 4.78 is 0. The molecule has 1 aromatic carbocycles. The summed E-state index contributed by atoms with van der Waals surface area (Å²) in [7, 11) is 0. The predicted molar refractivity (Wildman–Crippen MR) is 67.9 cm³/mol. The van der Waals surface area contributed by atoms with Crippen molar-refractivity contribution in [2.75, 3.05) is 13.1 Å². The van der Waals surface area contributed by atoms with Gasteiger partial charge in [-0.1, -0.05) is 0 Å². The minimum Gasteiger partial charge on any atom is -0.504 e. The van der Waals surface area contributed by atoms with Gasteiger partial charge in [-0.25, -0.2) is 0 Å². The number of hydrogen-bond acceptors (Lipinski definition) is 4. The van der Waals surface area contributed by atoms with E-state index in [0.717, 1.165) is 0 Å². The topological polar surface area (TPSA) is 89.9 Å². The summed E-state index contributed by atoms with van der Waals surface area (Å²) in [6.45, 7) is 4.14. The van der Waals surface area contributed by atoms with Crippen LogP contribution in [0.1, 0.15) is 24.2 Å². The maximum Gasteiger partial charge on any atom is 0.254 e. The molecule has 19 heavy (non-hydrogen) atoms. The Balaban J connectivity index is 2.32. The van der Waals surface area contributed by atoms with Crippen LogP contribution in [-0.4, -0.2) is 45.6 Å². The van der Waals surface area contributed by atoms with Crippen molar-refractivity contribution in [3.63, 3.8) is 0 Å². The zero-order valence-electron chi connectivity index (χ0n) is 10.8. The average molecular weight is 264 g/mol. The van der Waals surface area contributed by atoms with E-state index in [-0.39, 0.29) is 28.9 Å². The van der Waals surface area contributed by atoms with Gasteiger partial charge >= 0.3 is 0 Å². The second-order valence-electron chi connectivity index (χ2n) is 4.98. The molecule has 0 saturated carbocycles. The lowest BCUT2D eigenvalue weighted by Crippen LogP contribution is -2.63. The average Bonchev–Trinajstić information content (AvgIpc) is 2.35. The summed E-state index contributed by atoms with van der Waals surface area (Å²) in [5, 5.41) is 21.4. The van der Waals surface area contributed by atoms with Gasteiger partial charge in [0.15, 0.2) is 11.5 Å². The van der Waals surface area contributed by atoms with Gasteiger partial charge in [0.1, 0.15) is 5.54 Å². The van der Waals surface area contributed by atoms with E-state index in [4.69, 9.17) is 0 Å². The minimum atomic E-state index is -0.942. The van der Waals surface area contributed by atoms with E-state index in [1.807, 2.05) is 0 Å². The van der Waals surface area contributed by atoms with Crippen molar-refractivity contribution in [1.82, 2.24) is 10.2 Å². The van der Waals surface area contributed by atoms with Crippen LogP contribution in [0.5, 0.6) is 11.5 Å². The Labute approximate surface area is 110 Å². The molecule has 2 rings (SSSR count). The minimum absolute atomic E-state index is 0.213. The number of aromatic hydroxyl groups is 2. The maximum absolute atomic E-state index is 12.4. The maximum atomic E-state index is 12.4. The molecule has 0 spiro atoms. The zero-order chi connectivity index (χ0) is 14.2. The molecule has 0 unspecified atom stereocenters. The van der Waals surface area contributed by atoms with E-state index in [1.165, 1.54) is 23.1 Å². The first kappa shape index (κ1) is 13.2. The van der Waals surface area contributed by atoms with Gasteiger partial charge in [-0.15, -0.1) is 0 Å². The Morgan fingerprint density at radius 1 is 1.32 bits per heavy atom. The molecular weight excluding hydrogens is 248 g/mol. The molecule has 1 saturated heterocycles. The first-order valence-electron chi connectivity index (χ1n) is 5.96. The first-order chi connectivity index (χ1) is 8.84. The molecular formula is C13H16N2O4. The molecule has 0 aliphatic carbocycles. The molecule has 0 aromatic heterocycles. The Bertz CT molecular complexity index is 539. The van der Waals surface area contributed by atoms with Crippen LogP contribution in [0.4, 0.5) is 0 Å². The van der Waals surface area contributed by atoms with E-state index >= 15 is 0 Å². The third-order valence-corrected chi connectivity index (χ3v) is 3.32. The number of carbonyl (C=O) groups is 2. The normalized spacial score (nSPS) is 18.0. The van der Waals surface area contributed by atoms with Crippen LogP contribution in [0.3, 0.4) is 0 Å². The van der Waals surface area contributed by atoms with Crippen molar-refractivity contribution in [3.8, 4) is 11.5 Å². The van der Waals surface area contributed by atoms with E-state index in [1.54, 1.807) is 13.8 Å². The molecule has 0 radical (unpaired) electrons. The number of carbonyl (C=O) groups excluding carboxylic acids is 2. The van der Waals surface area contributed by atoms with E-state index in [2.05, 4.69) is 5.32 Å². The molecule has 6 nitrogen and oxygen atoms in total. The molecule has 102 valence electrons. The van der Waals surface area contributed by atoms with Gasteiger partial charge in [0.05, 0.1) is 0 Å². The van der Waals surface area contributed by atoms with Crippen molar-refractivity contribution in [1.29, 1.82) is 0 Å². The Hall–Kier alpha value is -2.24. The van der Waals surface area contributed by atoms with Gasteiger partial charge < -0.3 is 20.4 Å². The van der Waals surface area contributed by atoms with Crippen molar-refractivity contribution >= 4 is 11.8 Å². The van der Waals surface area contributed by atoms with Crippen LogP contribution in [0.15, 0.2) is 18.2 Å². The van der Waals surface area contributed by atoms with Crippen LogP contribution in [0.2, 0.25) is 0 Å². The standard InChI is InChI=1S/C13H16N2O4/c1-13(2)12(19)14-5-6-15(13)11(18)8-3-4-9(16)10(17)7-8/h3-4,7,16-17H,5-6H2,1-2H3,(H,14,19). The fraction of sp³-hybridized carbons (Fsp3) is 0.385. The van der Waals surface area contributed by atoms with Crippen molar-refractivity contribution in [3.05, 3.63) is 23.8 Å². The summed E-state index contributed by atoms with van der Waals surface area (Å²) in [5.74, 6) is -1.21. The highest BCUT2D eigenvalue weighted by atomic mass is 16.3. The van der Waals surface area contributed by atoms with Gasteiger partial charge in [0, 0.05) is 18.7 Å². The summed E-state index contributed by atoms with van der Waals surface area (Å²) >= 11 is 0. The van der Waals surface area contributed by atoms with Gasteiger partial charge in [0.2, 0.25) is 5.91 Å². The lowest BCUT2D eigenvalue weighted by Gasteiger charge is -2.41. The third kappa shape index (κ3) is 2.21. The van der Waals surface area contributed by atoms with Crippen molar-refractivity contribution in [2.45, 2.75) is 19.4 Å². The quantitative estimate of drug-likeness (QED) is 0.642. The molecule has 1 aliphatic rings. The number of nitrogens with zero attached hydrogens (tertiary/aromatic N) is 1. The van der Waals surface area contributed by atoms with Crippen LogP contribution in [-0.2, 0) is 4.79 Å². The Morgan fingerprint density at radius 2 is 2.00 bits per heavy atom. The number of nitrogens with one attached hydrogen (secondary N) is 1. The summed E-state index contributed by atoms with van der Waals surface area (Å²) in [5.41, 5.74) is -0.707. The monoisotopic (exact) mass is 264 g/mol.